The van der Waals surface area contributed by atoms with Crippen LogP contribution in [0.3, 0.4) is 0 Å². The third kappa shape index (κ3) is 1.56. The highest BCUT2D eigenvalue weighted by Crippen LogP contribution is 2.60. The van der Waals surface area contributed by atoms with E-state index in [0.29, 0.717) is 6.16 Å². The lowest BCUT2D eigenvalue weighted by atomic mass is 9.90. The summed E-state index contributed by atoms with van der Waals surface area (Å²) < 4.78 is 21.6. The summed E-state index contributed by atoms with van der Waals surface area (Å²) >= 11 is 0. The summed E-state index contributed by atoms with van der Waals surface area (Å²) in [7, 11) is -1.50. The first-order valence-electron chi connectivity index (χ1n) is 3.73. The van der Waals surface area contributed by atoms with Crippen molar-refractivity contribution in [2.75, 3.05) is 13.3 Å². The summed E-state index contributed by atoms with van der Waals surface area (Å²) in [6.07, 6.45) is 5.23. The summed E-state index contributed by atoms with van der Waals surface area (Å²) in [5, 5.41) is 0. The molecule has 1 saturated heterocycles. The van der Waals surface area contributed by atoms with Gasteiger partial charge in [-0.3, -0.25) is 9.09 Å². The quantitative estimate of drug-likeness (QED) is 0.465. The molecule has 2 atom stereocenters. The molecular formula is C8H13O3P. The molecule has 0 aromatic carbocycles. The summed E-state index contributed by atoms with van der Waals surface area (Å²) in [5.74, 6) is 2.47. The zero-order valence-electron chi connectivity index (χ0n) is 7.53. The second-order valence-electron chi connectivity index (χ2n) is 3.59. The van der Waals surface area contributed by atoms with Gasteiger partial charge in [-0.05, 0) is 0 Å². The molecule has 4 heteroatoms. The Hall–Kier alpha value is -0.290. The van der Waals surface area contributed by atoms with Gasteiger partial charge in [0.2, 0.25) is 0 Å². The van der Waals surface area contributed by atoms with Gasteiger partial charge >= 0.3 is 7.60 Å². The van der Waals surface area contributed by atoms with E-state index in [1.54, 1.807) is 0 Å². The third-order valence-corrected chi connectivity index (χ3v) is 4.30. The molecule has 0 spiro atoms. The van der Waals surface area contributed by atoms with E-state index in [2.05, 4.69) is 5.92 Å². The third-order valence-electron chi connectivity index (χ3n) is 2.01. The standard InChI is InChI=1S/C8H13O3P/c1-5-7-8(2,3)6-12(9,10-4)11-7/h1,7H,6H2,2-4H3. The number of hydrogen-bond donors (Lipinski definition) is 0. The summed E-state index contributed by atoms with van der Waals surface area (Å²) in [5.41, 5.74) is -0.250. The van der Waals surface area contributed by atoms with Crippen molar-refractivity contribution in [2.24, 2.45) is 5.41 Å². The van der Waals surface area contributed by atoms with E-state index in [0.717, 1.165) is 0 Å². The second-order valence-corrected chi connectivity index (χ2v) is 5.71. The predicted octanol–water partition coefficient (Wildman–Crippen LogP) is 1.88. The van der Waals surface area contributed by atoms with Gasteiger partial charge in [0.1, 0.15) is 6.10 Å². The fraction of sp³-hybridized carbons (Fsp3) is 0.750. The van der Waals surface area contributed by atoms with Gasteiger partial charge in [-0.15, -0.1) is 6.42 Å². The SMILES string of the molecule is C#CC1OP(=O)(OC)CC1(C)C. The van der Waals surface area contributed by atoms with Crippen LogP contribution in [0.25, 0.3) is 0 Å². The average molecular weight is 188 g/mol. The van der Waals surface area contributed by atoms with Crippen LogP contribution >= 0.6 is 7.60 Å². The van der Waals surface area contributed by atoms with Gasteiger partial charge < -0.3 is 4.52 Å². The first-order chi connectivity index (χ1) is 5.43. The zero-order valence-corrected chi connectivity index (χ0v) is 8.43. The van der Waals surface area contributed by atoms with Gasteiger partial charge in [0.05, 0.1) is 6.16 Å². The highest BCUT2D eigenvalue weighted by atomic mass is 31.2. The Morgan fingerprint density at radius 1 is 1.75 bits per heavy atom. The van der Waals surface area contributed by atoms with Crippen LogP contribution in [-0.2, 0) is 13.6 Å². The Balaban J connectivity index is 2.89. The number of rotatable bonds is 1. The minimum Gasteiger partial charge on any atom is -0.312 e. The van der Waals surface area contributed by atoms with E-state index in [1.807, 2.05) is 13.8 Å². The Morgan fingerprint density at radius 3 is 2.58 bits per heavy atom. The molecule has 1 rings (SSSR count). The largest absolute Gasteiger partial charge is 0.332 e. The van der Waals surface area contributed by atoms with Crippen molar-refractivity contribution in [3.8, 4) is 12.3 Å². The molecule has 0 N–H and O–H groups in total. The van der Waals surface area contributed by atoms with Crippen molar-refractivity contribution in [2.45, 2.75) is 20.0 Å². The molecule has 1 heterocycles. The maximum atomic E-state index is 11.6. The minimum atomic E-state index is -2.89. The molecular weight excluding hydrogens is 175 g/mol. The molecule has 0 amide bonds. The van der Waals surface area contributed by atoms with Gasteiger partial charge in [-0.25, -0.2) is 0 Å². The normalized spacial score (nSPS) is 39.3. The van der Waals surface area contributed by atoms with Crippen LogP contribution in [0.1, 0.15) is 13.8 Å². The van der Waals surface area contributed by atoms with Crippen molar-refractivity contribution in [1.82, 2.24) is 0 Å². The summed E-state index contributed by atoms with van der Waals surface area (Å²) in [4.78, 5) is 0. The summed E-state index contributed by atoms with van der Waals surface area (Å²) in [6.45, 7) is 3.85. The van der Waals surface area contributed by atoms with Gasteiger partial charge in [-0.1, -0.05) is 19.8 Å². The fourth-order valence-electron chi connectivity index (χ4n) is 1.29. The second kappa shape index (κ2) is 2.88. The molecule has 0 bridgehead atoms. The van der Waals surface area contributed by atoms with Crippen LogP contribution in [-0.4, -0.2) is 19.4 Å². The van der Waals surface area contributed by atoms with Gasteiger partial charge in [0.25, 0.3) is 0 Å². The minimum absolute atomic E-state index is 0.250. The molecule has 3 nitrogen and oxygen atoms in total. The van der Waals surface area contributed by atoms with Gasteiger partial charge in [0.15, 0.2) is 0 Å². The van der Waals surface area contributed by atoms with E-state index in [9.17, 15) is 4.57 Å². The predicted molar refractivity (Wildman–Crippen MR) is 47.0 cm³/mol. The van der Waals surface area contributed by atoms with Crippen molar-refractivity contribution < 1.29 is 13.6 Å². The monoisotopic (exact) mass is 188 g/mol. The Bertz CT molecular complexity index is 264. The van der Waals surface area contributed by atoms with Crippen LogP contribution in [0.2, 0.25) is 0 Å². The van der Waals surface area contributed by atoms with Gasteiger partial charge in [0, 0.05) is 12.5 Å². The Labute approximate surface area is 73.0 Å². The van der Waals surface area contributed by atoms with Gasteiger partial charge in [-0.2, -0.15) is 0 Å². The smallest absolute Gasteiger partial charge is 0.312 e. The molecule has 0 radical (unpaired) electrons. The van der Waals surface area contributed by atoms with Crippen LogP contribution in [0, 0.1) is 17.8 Å². The topological polar surface area (TPSA) is 35.5 Å². The van der Waals surface area contributed by atoms with Crippen molar-refractivity contribution >= 4 is 7.60 Å². The highest BCUT2D eigenvalue weighted by Gasteiger charge is 2.48. The average Bonchev–Trinajstić information content (AvgIpc) is 2.22. The molecule has 68 valence electrons. The van der Waals surface area contributed by atoms with E-state index >= 15 is 0 Å². The zero-order chi connectivity index (χ0) is 9.41. The maximum absolute atomic E-state index is 11.6. The molecule has 0 aromatic heterocycles. The maximum Gasteiger partial charge on any atom is 0.332 e. The molecule has 1 aliphatic rings. The van der Waals surface area contributed by atoms with Crippen molar-refractivity contribution in [3.05, 3.63) is 0 Å². The Kier molecular flexibility index (Phi) is 2.35. The molecule has 0 aliphatic carbocycles. The van der Waals surface area contributed by atoms with Crippen LogP contribution < -0.4 is 0 Å². The van der Waals surface area contributed by atoms with E-state index in [4.69, 9.17) is 15.5 Å². The first kappa shape index (κ1) is 9.80. The van der Waals surface area contributed by atoms with Crippen LogP contribution in [0.5, 0.6) is 0 Å². The lowest BCUT2D eigenvalue weighted by Gasteiger charge is -2.17. The molecule has 1 aliphatic heterocycles. The van der Waals surface area contributed by atoms with Crippen LogP contribution in [0.15, 0.2) is 0 Å². The van der Waals surface area contributed by atoms with Crippen molar-refractivity contribution in [1.29, 1.82) is 0 Å². The fourth-order valence-corrected chi connectivity index (χ4v) is 3.41. The Morgan fingerprint density at radius 2 is 2.33 bits per heavy atom. The highest BCUT2D eigenvalue weighted by molar-refractivity contribution is 7.54. The summed E-state index contributed by atoms with van der Waals surface area (Å²) in [6, 6.07) is 0. The molecule has 2 unspecified atom stereocenters. The number of terminal acetylenes is 1. The molecule has 12 heavy (non-hydrogen) atoms. The van der Waals surface area contributed by atoms with E-state index in [-0.39, 0.29) is 5.41 Å². The van der Waals surface area contributed by atoms with E-state index < -0.39 is 13.7 Å². The lowest BCUT2D eigenvalue weighted by molar-refractivity contribution is 0.168. The van der Waals surface area contributed by atoms with E-state index in [1.165, 1.54) is 7.11 Å². The first-order valence-corrected chi connectivity index (χ1v) is 5.46. The number of hydrogen-bond acceptors (Lipinski definition) is 3. The molecule has 0 saturated carbocycles. The lowest BCUT2D eigenvalue weighted by Crippen LogP contribution is -2.24. The van der Waals surface area contributed by atoms with Crippen molar-refractivity contribution in [3.63, 3.8) is 0 Å². The molecule has 0 aromatic rings. The van der Waals surface area contributed by atoms with Crippen LogP contribution in [0.4, 0.5) is 0 Å². The molecule has 1 fully saturated rings.